The zero-order valence-electron chi connectivity index (χ0n) is 28.0. The van der Waals surface area contributed by atoms with Crippen LogP contribution in [0.15, 0.2) is 70.3 Å². The Kier molecular flexibility index (Phi) is 16.8. The molecule has 0 atom stereocenters. The molecule has 3 aromatic carbocycles. The molecular formula is C40H54O6. The number of rotatable bonds is 22. The second-order valence-electron chi connectivity index (χ2n) is 12.2. The number of aromatic hydroxyl groups is 2. The summed E-state index contributed by atoms with van der Waals surface area (Å²) >= 11 is 0. The van der Waals surface area contributed by atoms with E-state index in [0.29, 0.717) is 35.8 Å². The highest BCUT2D eigenvalue weighted by molar-refractivity contribution is 5.81. The summed E-state index contributed by atoms with van der Waals surface area (Å²) in [5.41, 5.74) is 2.00. The average molecular weight is 631 g/mol. The average Bonchev–Trinajstić information content (AvgIpc) is 3.33. The molecule has 0 aliphatic carbocycles. The maximum absolute atomic E-state index is 12.2. The van der Waals surface area contributed by atoms with Crippen LogP contribution in [0.4, 0.5) is 0 Å². The number of unbranched alkanes of at least 4 members (excludes halogenated alkanes) is 14. The monoisotopic (exact) mass is 630 g/mol. The SMILES string of the molecule is CCCCCCCCCCOc1cc(-c2ccc(O)c(=O)cc2)c(OCCCCCCCCCC)cc1-c1ccc(O)c(=O)cc1. The van der Waals surface area contributed by atoms with Gasteiger partial charge in [0.2, 0.25) is 10.9 Å². The molecule has 0 amide bonds. The Balaban J connectivity index is 1.88. The summed E-state index contributed by atoms with van der Waals surface area (Å²) in [5.74, 6) is 0.600. The van der Waals surface area contributed by atoms with E-state index in [1.165, 1.54) is 101 Å². The lowest BCUT2D eigenvalue weighted by atomic mass is 9.99. The third-order valence-corrected chi connectivity index (χ3v) is 8.39. The van der Waals surface area contributed by atoms with E-state index in [4.69, 9.17) is 9.47 Å². The van der Waals surface area contributed by atoms with Gasteiger partial charge >= 0.3 is 0 Å². The van der Waals surface area contributed by atoms with E-state index in [2.05, 4.69) is 13.8 Å². The van der Waals surface area contributed by atoms with Gasteiger partial charge in [0.15, 0.2) is 11.5 Å². The fraction of sp³-hybridized carbons (Fsp3) is 0.500. The predicted molar refractivity (Wildman–Crippen MR) is 189 cm³/mol. The third kappa shape index (κ3) is 12.5. The van der Waals surface area contributed by atoms with E-state index in [1.54, 1.807) is 24.3 Å². The van der Waals surface area contributed by atoms with Crippen LogP contribution in [0.25, 0.3) is 22.3 Å². The first kappa shape index (κ1) is 36.7. The van der Waals surface area contributed by atoms with Crippen molar-refractivity contribution in [1.29, 1.82) is 0 Å². The Hall–Kier alpha value is -3.80. The van der Waals surface area contributed by atoms with E-state index in [9.17, 15) is 19.8 Å². The molecule has 0 bridgehead atoms. The van der Waals surface area contributed by atoms with Crippen molar-refractivity contribution >= 4 is 0 Å². The molecule has 250 valence electrons. The van der Waals surface area contributed by atoms with Crippen molar-refractivity contribution in [2.45, 2.75) is 117 Å². The van der Waals surface area contributed by atoms with Crippen LogP contribution in [-0.2, 0) is 0 Å². The zero-order valence-corrected chi connectivity index (χ0v) is 28.0. The normalized spacial score (nSPS) is 11.0. The van der Waals surface area contributed by atoms with Gasteiger partial charge < -0.3 is 19.7 Å². The Morgan fingerprint density at radius 1 is 0.457 bits per heavy atom. The topological polar surface area (TPSA) is 93.1 Å². The summed E-state index contributed by atoms with van der Waals surface area (Å²) in [6.45, 7) is 5.52. The lowest BCUT2D eigenvalue weighted by molar-refractivity contribution is 0.298. The fourth-order valence-corrected chi connectivity index (χ4v) is 5.56. The number of ether oxygens (including phenoxy) is 2. The molecule has 6 nitrogen and oxygen atoms in total. The first-order valence-corrected chi connectivity index (χ1v) is 17.6. The summed E-state index contributed by atoms with van der Waals surface area (Å²) in [7, 11) is 0. The van der Waals surface area contributed by atoms with Gasteiger partial charge in [-0.3, -0.25) is 9.59 Å². The lowest BCUT2D eigenvalue weighted by Crippen LogP contribution is -2.03. The van der Waals surface area contributed by atoms with E-state index in [0.717, 1.165) is 36.8 Å². The molecule has 2 N–H and O–H groups in total. The smallest absolute Gasteiger partial charge is 0.220 e. The van der Waals surface area contributed by atoms with Crippen molar-refractivity contribution in [3.63, 3.8) is 0 Å². The standard InChI is InChI=1S/C40H54O6/c1-3-5-7-9-11-13-15-17-27-45-39-29-34(32-21-25-37(43)38(44)26-22-32)40(46-28-18-16-14-12-10-8-6-4-2)30-33(39)31-19-23-35(41)36(42)24-20-31/h19-26,29-30H,3-18,27-28H2,1-2H3,(H,41,42)(H,43,44). The molecule has 0 unspecified atom stereocenters. The Bertz CT molecular complexity index is 1340. The van der Waals surface area contributed by atoms with Crippen molar-refractivity contribution in [1.82, 2.24) is 0 Å². The maximum atomic E-state index is 12.2. The Morgan fingerprint density at radius 3 is 1.15 bits per heavy atom. The molecule has 46 heavy (non-hydrogen) atoms. The summed E-state index contributed by atoms with van der Waals surface area (Å²) in [6, 6.07) is 16.2. The highest BCUT2D eigenvalue weighted by atomic mass is 16.5. The highest BCUT2D eigenvalue weighted by Gasteiger charge is 2.16. The first-order valence-electron chi connectivity index (χ1n) is 17.6. The Morgan fingerprint density at radius 2 is 0.783 bits per heavy atom. The van der Waals surface area contributed by atoms with Gasteiger partial charge in [-0.1, -0.05) is 128 Å². The largest absolute Gasteiger partial charge is 0.504 e. The summed E-state index contributed by atoms with van der Waals surface area (Å²) in [5, 5.41) is 20.1. The highest BCUT2D eigenvalue weighted by Crippen LogP contribution is 2.41. The van der Waals surface area contributed by atoms with Crippen molar-refractivity contribution in [2.75, 3.05) is 13.2 Å². The predicted octanol–water partition coefficient (Wildman–Crippen LogP) is 10.2. The van der Waals surface area contributed by atoms with E-state index in [-0.39, 0.29) is 11.5 Å². The summed E-state index contributed by atoms with van der Waals surface area (Å²) in [4.78, 5) is 24.4. The Labute approximate surface area is 275 Å². The van der Waals surface area contributed by atoms with Gasteiger partial charge in [-0.05, 0) is 60.4 Å². The molecule has 0 aromatic heterocycles. The molecule has 3 aromatic rings. The van der Waals surface area contributed by atoms with Gasteiger partial charge in [-0.2, -0.15) is 0 Å². The van der Waals surface area contributed by atoms with Crippen molar-refractivity contribution < 1.29 is 19.7 Å². The molecule has 3 rings (SSSR count). The second-order valence-corrected chi connectivity index (χ2v) is 12.2. The van der Waals surface area contributed by atoms with Crippen LogP contribution in [-0.4, -0.2) is 23.4 Å². The van der Waals surface area contributed by atoms with Gasteiger partial charge in [0, 0.05) is 11.1 Å². The minimum Gasteiger partial charge on any atom is -0.504 e. The van der Waals surface area contributed by atoms with Gasteiger partial charge in [0.05, 0.1) is 13.2 Å². The van der Waals surface area contributed by atoms with Crippen LogP contribution in [0, 0.1) is 0 Å². The minimum atomic E-state index is -0.458. The fourth-order valence-electron chi connectivity index (χ4n) is 5.56. The molecule has 0 aliphatic rings. The summed E-state index contributed by atoms with van der Waals surface area (Å²) in [6.07, 6.45) is 19.1. The van der Waals surface area contributed by atoms with Crippen LogP contribution >= 0.6 is 0 Å². The molecule has 0 heterocycles. The minimum absolute atomic E-state index is 0.319. The summed E-state index contributed by atoms with van der Waals surface area (Å²) < 4.78 is 12.8. The lowest BCUT2D eigenvalue weighted by Gasteiger charge is -2.18. The second kappa shape index (κ2) is 21.1. The van der Waals surface area contributed by atoms with Crippen molar-refractivity contribution in [3.05, 3.63) is 81.1 Å². The number of hydrogen-bond acceptors (Lipinski definition) is 6. The molecule has 0 aliphatic heterocycles. The third-order valence-electron chi connectivity index (χ3n) is 8.39. The molecule has 6 heteroatoms. The molecule has 0 saturated carbocycles. The van der Waals surface area contributed by atoms with E-state index < -0.39 is 10.9 Å². The van der Waals surface area contributed by atoms with Gasteiger partial charge in [-0.15, -0.1) is 0 Å². The number of hydrogen-bond donors (Lipinski definition) is 2. The molecule has 0 saturated heterocycles. The maximum Gasteiger partial charge on any atom is 0.220 e. The van der Waals surface area contributed by atoms with Crippen molar-refractivity contribution in [2.24, 2.45) is 0 Å². The quantitative estimate of drug-likeness (QED) is 0.107. The van der Waals surface area contributed by atoms with Crippen LogP contribution in [0.2, 0.25) is 0 Å². The van der Waals surface area contributed by atoms with Crippen LogP contribution in [0.3, 0.4) is 0 Å². The van der Waals surface area contributed by atoms with Crippen molar-refractivity contribution in [3.8, 4) is 45.3 Å². The molecule has 0 fully saturated rings. The molecule has 0 radical (unpaired) electrons. The zero-order chi connectivity index (χ0) is 33.0. The van der Waals surface area contributed by atoms with Crippen LogP contribution < -0.4 is 20.3 Å². The van der Waals surface area contributed by atoms with Crippen LogP contribution in [0.5, 0.6) is 23.0 Å². The van der Waals surface area contributed by atoms with Gasteiger partial charge in [0.1, 0.15) is 11.5 Å². The van der Waals surface area contributed by atoms with E-state index >= 15 is 0 Å². The van der Waals surface area contributed by atoms with Crippen LogP contribution in [0.1, 0.15) is 117 Å². The van der Waals surface area contributed by atoms with E-state index in [1.807, 2.05) is 12.1 Å². The number of benzene rings is 1. The van der Waals surface area contributed by atoms with Gasteiger partial charge in [-0.25, -0.2) is 0 Å². The van der Waals surface area contributed by atoms with Gasteiger partial charge in [0.25, 0.3) is 0 Å². The molecule has 0 spiro atoms. The first-order chi connectivity index (χ1) is 22.4. The molecular weight excluding hydrogens is 576 g/mol.